The zero-order chi connectivity index (χ0) is 16.0. The van der Waals surface area contributed by atoms with Gasteiger partial charge >= 0.3 is 0 Å². The van der Waals surface area contributed by atoms with Gasteiger partial charge in [-0.25, -0.2) is 0 Å². The van der Waals surface area contributed by atoms with Crippen LogP contribution in [0.15, 0.2) is 6.20 Å². The van der Waals surface area contributed by atoms with Gasteiger partial charge in [-0.15, -0.1) is 0 Å². The maximum atomic E-state index is 12.2. The number of unbranched alkanes of at least 4 members (excludes halogenated alkanes) is 1. The Labute approximate surface area is 123 Å². The van der Waals surface area contributed by atoms with Gasteiger partial charge in [0.25, 0.3) is 0 Å². The summed E-state index contributed by atoms with van der Waals surface area (Å²) in [6.07, 6.45) is 3.23. The van der Waals surface area contributed by atoms with E-state index in [0.717, 1.165) is 6.42 Å². The molecule has 0 bridgehead atoms. The first-order chi connectivity index (χ1) is 9.93. The van der Waals surface area contributed by atoms with E-state index in [2.05, 4.69) is 4.98 Å². The molecule has 1 aromatic heterocycles. The normalized spacial score (nSPS) is 12.2. The maximum absolute atomic E-state index is 12.2. The molecular weight excluding hydrogens is 272 g/mol. The Morgan fingerprint density at radius 3 is 2.71 bits per heavy atom. The predicted octanol–water partition coefficient (Wildman–Crippen LogP) is -0.0188. The first-order valence-electron chi connectivity index (χ1n) is 6.81. The quantitative estimate of drug-likeness (QED) is 0.336. The van der Waals surface area contributed by atoms with Crippen molar-refractivity contribution in [3.05, 3.63) is 23.0 Å². The van der Waals surface area contributed by atoms with Crippen molar-refractivity contribution in [2.24, 2.45) is 11.5 Å². The Bertz CT molecular complexity index is 531. The van der Waals surface area contributed by atoms with Crippen molar-refractivity contribution in [2.45, 2.75) is 38.8 Å². The van der Waals surface area contributed by atoms with Crippen molar-refractivity contribution in [1.29, 1.82) is 5.41 Å². The number of aliphatic hydroxyl groups excluding tert-OH is 1. The second-order valence-corrected chi connectivity index (χ2v) is 4.88. The molecule has 1 rings (SSSR count). The number of carbonyl (C=O) groups is 1. The highest BCUT2D eigenvalue weighted by atomic mass is 16.3. The summed E-state index contributed by atoms with van der Waals surface area (Å²) in [5.74, 6) is -0.836. The van der Waals surface area contributed by atoms with Crippen LogP contribution in [0.4, 0.5) is 0 Å². The number of carbonyl (C=O) groups excluding carboxylic acids is 1. The van der Waals surface area contributed by atoms with Crippen molar-refractivity contribution < 1.29 is 15.0 Å². The Morgan fingerprint density at radius 1 is 1.48 bits per heavy atom. The van der Waals surface area contributed by atoms with Gasteiger partial charge in [0, 0.05) is 11.8 Å². The largest absolute Gasteiger partial charge is 0.505 e. The molecule has 0 fully saturated rings. The van der Waals surface area contributed by atoms with Crippen molar-refractivity contribution in [1.82, 2.24) is 4.98 Å². The van der Waals surface area contributed by atoms with Gasteiger partial charge in [0.15, 0.2) is 5.78 Å². The monoisotopic (exact) mass is 294 g/mol. The molecule has 0 aliphatic rings. The number of aromatic nitrogens is 1. The van der Waals surface area contributed by atoms with E-state index in [0.29, 0.717) is 19.4 Å². The third kappa shape index (κ3) is 4.07. The summed E-state index contributed by atoms with van der Waals surface area (Å²) in [7, 11) is 0. The molecule has 0 radical (unpaired) electrons. The summed E-state index contributed by atoms with van der Waals surface area (Å²) < 4.78 is 0. The lowest BCUT2D eigenvalue weighted by atomic mass is 9.95. The van der Waals surface area contributed by atoms with Gasteiger partial charge in [0.05, 0.1) is 23.9 Å². The van der Waals surface area contributed by atoms with Crippen molar-refractivity contribution in [2.75, 3.05) is 6.54 Å². The van der Waals surface area contributed by atoms with Crippen molar-refractivity contribution in [3.63, 3.8) is 0 Å². The average molecular weight is 294 g/mol. The van der Waals surface area contributed by atoms with Crippen LogP contribution in [-0.4, -0.2) is 39.3 Å². The fourth-order valence-corrected chi connectivity index (χ4v) is 1.98. The molecule has 0 saturated carbocycles. The van der Waals surface area contributed by atoms with E-state index in [1.54, 1.807) is 6.92 Å². The van der Waals surface area contributed by atoms with E-state index >= 15 is 0 Å². The van der Waals surface area contributed by atoms with E-state index in [1.807, 2.05) is 0 Å². The molecule has 1 atom stereocenters. The minimum absolute atomic E-state index is 0.00396. The van der Waals surface area contributed by atoms with E-state index in [1.165, 1.54) is 6.20 Å². The van der Waals surface area contributed by atoms with E-state index in [4.69, 9.17) is 16.9 Å². The number of aryl methyl sites for hydroxylation is 1. The summed E-state index contributed by atoms with van der Waals surface area (Å²) in [5.41, 5.74) is 11.3. The summed E-state index contributed by atoms with van der Waals surface area (Å²) in [5, 5.41) is 27.2. The molecule has 1 heterocycles. The van der Waals surface area contributed by atoms with Gasteiger partial charge in [-0.2, -0.15) is 0 Å². The molecule has 0 aromatic carbocycles. The number of hydrogen-bond acceptors (Lipinski definition) is 7. The summed E-state index contributed by atoms with van der Waals surface area (Å²) in [6.45, 7) is 1.66. The molecule has 116 valence electrons. The van der Waals surface area contributed by atoms with Crippen LogP contribution >= 0.6 is 0 Å². The number of rotatable bonds is 8. The van der Waals surface area contributed by atoms with E-state index in [9.17, 15) is 15.0 Å². The minimum atomic E-state index is -0.816. The second-order valence-electron chi connectivity index (χ2n) is 4.88. The fourth-order valence-electron chi connectivity index (χ4n) is 1.98. The van der Waals surface area contributed by atoms with Gasteiger partial charge in [-0.1, -0.05) is 6.42 Å². The van der Waals surface area contributed by atoms with Gasteiger partial charge in [-0.05, 0) is 26.3 Å². The SMILES string of the molecule is Cc1ncc(CO)c(C(=N)C(=O)[C@@H](N)CCCCN)c1O. The van der Waals surface area contributed by atoms with Crippen LogP contribution in [0.2, 0.25) is 0 Å². The highest BCUT2D eigenvalue weighted by molar-refractivity contribution is 6.47. The number of aliphatic hydroxyl groups is 1. The summed E-state index contributed by atoms with van der Waals surface area (Å²) in [6, 6.07) is -0.816. The number of aromatic hydroxyl groups is 1. The van der Waals surface area contributed by atoms with Crippen LogP contribution in [0, 0.1) is 12.3 Å². The van der Waals surface area contributed by atoms with Crippen LogP contribution in [0.5, 0.6) is 5.75 Å². The Balaban J connectivity index is 2.97. The lowest BCUT2D eigenvalue weighted by Crippen LogP contribution is -2.36. The Morgan fingerprint density at radius 2 is 2.14 bits per heavy atom. The van der Waals surface area contributed by atoms with Gasteiger partial charge < -0.3 is 21.7 Å². The molecule has 0 aliphatic carbocycles. The molecule has 0 aliphatic heterocycles. The van der Waals surface area contributed by atoms with E-state index < -0.39 is 24.1 Å². The average Bonchev–Trinajstić information content (AvgIpc) is 2.48. The number of Topliss-reactive ketones (excluding diaryl/α,β-unsaturated/α-hetero) is 1. The number of ketones is 1. The third-order valence-corrected chi connectivity index (χ3v) is 3.29. The molecule has 21 heavy (non-hydrogen) atoms. The first kappa shape index (κ1) is 17.2. The lowest BCUT2D eigenvalue weighted by molar-refractivity contribution is -0.114. The highest BCUT2D eigenvalue weighted by Crippen LogP contribution is 2.25. The summed E-state index contributed by atoms with van der Waals surface area (Å²) in [4.78, 5) is 16.1. The zero-order valence-electron chi connectivity index (χ0n) is 12.1. The van der Waals surface area contributed by atoms with Gasteiger partial charge in [0.1, 0.15) is 11.5 Å². The fraction of sp³-hybridized carbons (Fsp3) is 0.500. The molecule has 0 spiro atoms. The molecule has 1 aromatic rings. The standard InChI is InChI=1S/C14H22N4O3/c1-8-13(20)11(9(7-19)6-18-8)12(17)14(21)10(16)4-2-3-5-15/h6,10,17,19-20H,2-5,7,15-16H2,1H3/t10-/m0/s1. The van der Waals surface area contributed by atoms with Gasteiger partial charge in [-0.3, -0.25) is 15.2 Å². The zero-order valence-corrected chi connectivity index (χ0v) is 12.1. The maximum Gasteiger partial charge on any atom is 0.197 e. The molecular formula is C14H22N4O3. The predicted molar refractivity (Wildman–Crippen MR) is 79.3 cm³/mol. The van der Waals surface area contributed by atoms with Crippen molar-refractivity contribution in [3.8, 4) is 5.75 Å². The second kappa shape index (κ2) is 7.82. The number of nitrogens with zero attached hydrogens (tertiary/aromatic N) is 1. The third-order valence-electron chi connectivity index (χ3n) is 3.29. The number of pyridine rings is 1. The molecule has 7 nitrogen and oxygen atoms in total. The van der Waals surface area contributed by atoms with Crippen LogP contribution in [-0.2, 0) is 11.4 Å². The Kier molecular flexibility index (Phi) is 6.41. The van der Waals surface area contributed by atoms with Crippen LogP contribution in [0.25, 0.3) is 0 Å². The summed E-state index contributed by atoms with van der Waals surface area (Å²) >= 11 is 0. The number of nitrogens with two attached hydrogens (primary N) is 2. The topological polar surface area (TPSA) is 146 Å². The van der Waals surface area contributed by atoms with Crippen LogP contribution in [0.1, 0.15) is 36.1 Å². The van der Waals surface area contributed by atoms with Gasteiger partial charge in [0.2, 0.25) is 0 Å². The lowest BCUT2D eigenvalue weighted by Gasteiger charge is -2.15. The minimum Gasteiger partial charge on any atom is -0.505 e. The smallest absolute Gasteiger partial charge is 0.197 e. The highest BCUT2D eigenvalue weighted by Gasteiger charge is 2.25. The molecule has 7 heteroatoms. The van der Waals surface area contributed by atoms with E-state index in [-0.39, 0.29) is 22.6 Å². The van der Waals surface area contributed by atoms with Crippen LogP contribution in [0.3, 0.4) is 0 Å². The molecule has 0 amide bonds. The van der Waals surface area contributed by atoms with Crippen molar-refractivity contribution >= 4 is 11.5 Å². The molecule has 0 saturated heterocycles. The number of nitrogens with one attached hydrogen (secondary N) is 1. The first-order valence-corrected chi connectivity index (χ1v) is 6.81. The van der Waals surface area contributed by atoms with Crippen LogP contribution < -0.4 is 11.5 Å². The Hall–Kier alpha value is -1.83. The number of hydrogen-bond donors (Lipinski definition) is 5. The molecule has 0 unspecified atom stereocenters. The molecule has 7 N–H and O–H groups in total.